The standard InChI is InChI=1S/C12H16N4O2/c17-16(18)11-2-1-6-13-12(11)14-9-5-7-15(8-9)10-3-4-10/h1-2,6,9-10H,3-5,7-8H2,(H,13,14)/t9-/m0/s1. The molecule has 0 bridgehead atoms. The Kier molecular flexibility index (Phi) is 2.87. The molecule has 96 valence electrons. The number of nitro groups is 1. The van der Waals surface area contributed by atoms with Gasteiger partial charge in [-0.3, -0.25) is 15.0 Å². The van der Waals surface area contributed by atoms with Crippen LogP contribution in [0.15, 0.2) is 18.3 Å². The van der Waals surface area contributed by atoms with Gasteiger partial charge in [-0.15, -0.1) is 0 Å². The number of nitrogens with zero attached hydrogens (tertiary/aromatic N) is 3. The molecule has 6 heteroatoms. The lowest BCUT2D eigenvalue weighted by Crippen LogP contribution is -2.28. The van der Waals surface area contributed by atoms with Crippen molar-refractivity contribution in [3.63, 3.8) is 0 Å². The molecule has 0 radical (unpaired) electrons. The first-order valence-electron chi connectivity index (χ1n) is 6.34. The number of rotatable bonds is 4. The van der Waals surface area contributed by atoms with Gasteiger partial charge < -0.3 is 5.32 Å². The van der Waals surface area contributed by atoms with Gasteiger partial charge in [0.05, 0.1) is 4.92 Å². The van der Waals surface area contributed by atoms with Crippen LogP contribution in [0.5, 0.6) is 0 Å². The Labute approximate surface area is 105 Å². The topological polar surface area (TPSA) is 71.3 Å². The average molecular weight is 248 g/mol. The molecule has 6 nitrogen and oxygen atoms in total. The largest absolute Gasteiger partial charge is 0.360 e. The Morgan fingerprint density at radius 1 is 1.44 bits per heavy atom. The summed E-state index contributed by atoms with van der Waals surface area (Å²) < 4.78 is 0. The molecule has 1 aromatic rings. The average Bonchev–Trinajstić information content (AvgIpc) is 3.11. The smallest absolute Gasteiger partial charge is 0.311 e. The molecule has 1 aromatic heterocycles. The van der Waals surface area contributed by atoms with Gasteiger partial charge in [-0.1, -0.05) is 0 Å². The summed E-state index contributed by atoms with van der Waals surface area (Å²) in [6, 6.07) is 4.12. The van der Waals surface area contributed by atoms with Crippen LogP contribution < -0.4 is 5.32 Å². The Balaban J connectivity index is 1.67. The predicted molar refractivity (Wildman–Crippen MR) is 67.5 cm³/mol. The molecule has 1 saturated heterocycles. The SMILES string of the molecule is O=[N+]([O-])c1cccnc1N[C@H]1CCN(C2CC2)C1. The highest BCUT2D eigenvalue weighted by Gasteiger charge is 2.34. The zero-order chi connectivity index (χ0) is 12.5. The molecule has 1 N–H and O–H groups in total. The van der Waals surface area contributed by atoms with Crippen molar-refractivity contribution >= 4 is 11.5 Å². The van der Waals surface area contributed by atoms with Crippen molar-refractivity contribution in [3.8, 4) is 0 Å². The summed E-state index contributed by atoms with van der Waals surface area (Å²) in [5.41, 5.74) is 0.0578. The maximum absolute atomic E-state index is 10.9. The molecule has 3 rings (SSSR count). The Morgan fingerprint density at radius 3 is 3.00 bits per heavy atom. The van der Waals surface area contributed by atoms with Crippen LogP contribution in [0, 0.1) is 10.1 Å². The number of hydrogen-bond donors (Lipinski definition) is 1. The number of nitrogens with one attached hydrogen (secondary N) is 1. The molecular formula is C12H16N4O2. The molecule has 2 aliphatic rings. The third kappa shape index (κ3) is 2.28. The van der Waals surface area contributed by atoms with Crippen molar-refractivity contribution in [1.29, 1.82) is 0 Å². The minimum atomic E-state index is -0.386. The normalized spacial score (nSPS) is 24.1. The molecule has 18 heavy (non-hydrogen) atoms. The lowest BCUT2D eigenvalue weighted by Gasteiger charge is -2.15. The lowest BCUT2D eigenvalue weighted by molar-refractivity contribution is -0.384. The van der Waals surface area contributed by atoms with Crippen LogP contribution in [0.4, 0.5) is 11.5 Å². The Morgan fingerprint density at radius 2 is 2.28 bits per heavy atom. The molecule has 2 fully saturated rings. The Hall–Kier alpha value is -1.69. The molecular weight excluding hydrogens is 232 g/mol. The first-order valence-corrected chi connectivity index (χ1v) is 6.34. The van der Waals surface area contributed by atoms with Crippen LogP contribution in [0.2, 0.25) is 0 Å². The van der Waals surface area contributed by atoms with E-state index in [1.807, 2.05) is 0 Å². The number of aromatic nitrogens is 1. The molecule has 0 amide bonds. The molecule has 1 atom stereocenters. The van der Waals surface area contributed by atoms with Gasteiger partial charge in [-0.2, -0.15) is 0 Å². The summed E-state index contributed by atoms with van der Waals surface area (Å²) in [6.07, 6.45) is 5.22. The molecule has 0 aromatic carbocycles. The fourth-order valence-electron chi connectivity index (χ4n) is 2.53. The Bertz CT molecular complexity index is 461. The minimum absolute atomic E-state index is 0.0578. The summed E-state index contributed by atoms with van der Waals surface area (Å²) in [7, 11) is 0. The van der Waals surface area contributed by atoms with Gasteiger partial charge in [0.15, 0.2) is 0 Å². The summed E-state index contributed by atoms with van der Waals surface area (Å²) in [5.74, 6) is 0.394. The van der Waals surface area contributed by atoms with Crippen molar-refractivity contribution in [2.45, 2.75) is 31.3 Å². The second kappa shape index (κ2) is 4.53. The highest BCUT2D eigenvalue weighted by molar-refractivity contribution is 5.55. The summed E-state index contributed by atoms with van der Waals surface area (Å²) in [5, 5.41) is 14.1. The van der Waals surface area contributed by atoms with Crippen LogP contribution in [-0.2, 0) is 0 Å². The van der Waals surface area contributed by atoms with Crippen molar-refractivity contribution < 1.29 is 4.92 Å². The number of pyridine rings is 1. The minimum Gasteiger partial charge on any atom is -0.360 e. The second-order valence-corrected chi connectivity index (χ2v) is 4.98. The van der Waals surface area contributed by atoms with Gasteiger partial charge in [-0.05, 0) is 25.3 Å². The van der Waals surface area contributed by atoms with Crippen LogP contribution in [0.3, 0.4) is 0 Å². The summed E-state index contributed by atoms with van der Waals surface area (Å²) in [6.45, 7) is 2.06. The van der Waals surface area contributed by atoms with E-state index in [-0.39, 0.29) is 16.7 Å². The maximum atomic E-state index is 10.9. The van der Waals surface area contributed by atoms with Gasteiger partial charge in [0.1, 0.15) is 0 Å². The van der Waals surface area contributed by atoms with Gasteiger partial charge >= 0.3 is 5.69 Å². The lowest BCUT2D eigenvalue weighted by atomic mass is 10.2. The van der Waals surface area contributed by atoms with Crippen LogP contribution in [0.1, 0.15) is 19.3 Å². The van der Waals surface area contributed by atoms with Gasteiger partial charge in [0, 0.05) is 37.4 Å². The van der Waals surface area contributed by atoms with Crippen LogP contribution in [-0.4, -0.2) is 40.0 Å². The number of likely N-dealkylation sites (tertiary alicyclic amines) is 1. The zero-order valence-electron chi connectivity index (χ0n) is 10.1. The van der Waals surface area contributed by atoms with Gasteiger partial charge in [0.25, 0.3) is 0 Å². The molecule has 1 aliphatic heterocycles. The van der Waals surface area contributed by atoms with E-state index < -0.39 is 0 Å². The van der Waals surface area contributed by atoms with Crippen molar-refractivity contribution in [1.82, 2.24) is 9.88 Å². The fourth-order valence-corrected chi connectivity index (χ4v) is 2.53. The van der Waals surface area contributed by atoms with E-state index in [0.29, 0.717) is 5.82 Å². The molecule has 1 aliphatic carbocycles. The summed E-state index contributed by atoms with van der Waals surface area (Å²) in [4.78, 5) is 17.0. The van der Waals surface area contributed by atoms with Crippen molar-refractivity contribution in [2.24, 2.45) is 0 Å². The van der Waals surface area contributed by atoms with E-state index in [1.165, 1.54) is 18.9 Å². The highest BCUT2D eigenvalue weighted by atomic mass is 16.6. The first kappa shape index (κ1) is 11.4. The number of hydrogen-bond acceptors (Lipinski definition) is 5. The molecule has 0 spiro atoms. The van der Waals surface area contributed by atoms with Crippen LogP contribution in [0.25, 0.3) is 0 Å². The maximum Gasteiger partial charge on any atom is 0.311 e. The van der Waals surface area contributed by atoms with E-state index in [1.54, 1.807) is 12.3 Å². The van der Waals surface area contributed by atoms with Gasteiger partial charge in [0.2, 0.25) is 5.82 Å². The van der Waals surface area contributed by atoms with E-state index in [4.69, 9.17) is 0 Å². The second-order valence-electron chi connectivity index (χ2n) is 4.98. The van der Waals surface area contributed by atoms with E-state index in [9.17, 15) is 10.1 Å². The zero-order valence-corrected chi connectivity index (χ0v) is 10.1. The summed E-state index contributed by atoms with van der Waals surface area (Å²) >= 11 is 0. The van der Waals surface area contributed by atoms with Crippen LogP contribution >= 0.6 is 0 Å². The quantitative estimate of drug-likeness (QED) is 0.648. The highest BCUT2D eigenvalue weighted by Crippen LogP contribution is 2.31. The molecule has 1 saturated carbocycles. The first-order chi connectivity index (χ1) is 8.74. The van der Waals surface area contributed by atoms with Gasteiger partial charge in [-0.25, -0.2) is 4.98 Å². The van der Waals surface area contributed by atoms with E-state index in [0.717, 1.165) is 25.6 Å². The third-order valence-electron chi connectivity index (χ3n) is 3.61. The van der Waals surface area contributed by atoms with Crippen molar-refractivity contribution in [3.05, 3.63) is 28.4 Å². The third-order valence-corrected chi connectivity index (χ3v) is 3.61. The van der Waals surface area contributed by atoms with Crippen molar-refractivity contribution in [2.75, 3.05) is 18.4 Å². The van der Waals surface area contributed by atoms with E-state index >= 15 is 0 Å². The fraction of sp³-hybridized carbons (Fsp3) is 0.583. The predicted octanol–water partition coefficient (Wildman–Crippen LogP) is 1.64. The monoisotopic (exact) mass is 248 g/mol. The number of anilines is 1. The van der Waals surface area contributed by atoms with E-state index in [2.05, 4.69) is 15.2 Å². The molecule has 0 unspecified atom stereocenters. The molecule has 2 heterocycles.